The largest absolute Gasteiger partial charge is 0.373 e. The summed E-state index contributed by atoms with van der Waals surface area (Å²) < 4.78 is 0. The summed E-state index contributed by atoms with van der Waals surface area (Å²) in [6, 6.07) is 0. The van der Waals surface area contributed by atoms with E-state index in [1.165, 1.54) is 32.1 Å². The Kier molecular flexibility index (Phi) is 4.39. The lowest BCUT2D eigenvalue weighted by molar-refractivity contribution is 0.361. The zero-order valence-electron chi connectivity index (χ0n) is 11.7. The summed E-state index contributed by atoms with van der Waals surface area (Å²) in [4.78, 5) is 11.0. The van der Waals surface area contributed by atoms with Gasteiger partial charge in [0, 0.05) is 26.2 Å². The predicted octanol–water partition coefficient (Wildman–Crippen LogP) is 2.84. The van der Waals surface area contributed by atoms with E-state index in [4.69, 9.17) is 0 Å². The minimum Gasteiger partial charge on any atom is -0.373 e. The van der Waals surface area contributed by atoms with Crippen molar-refractivity contribution in [3.05, 3.63) is 11.9 Å². The summed E-state index contributed by atoms with van der Waals surface area (Å²) in [5, 5.41) is 3.12. The van der Waals surface area contributed by atoms with Gasteiger partial charge in [-0.05, 0) is 25.7 Å². The van der Waals surface area contributed by atoms with Gasteiger partial charge in [0.25, 0.3) is 0 Å². The minimum atomic E-state index is 0.830. The van der Waals surface area contributed by atoms with E-state index in [2.05, 4.69) is 34.2 Å². The third-order valence-corrected chi connectivity index (χ3v) is 3.91. The summed E-state index contributed by atoms with van der Waals surface area (Å²) in [6.07, 6.45) is 8.58. The van der Waals surface area contributed by atoms with Gasteiger partial charge in [0.05, 0.1) is 0 Å². The first-order chi connectivity index (χ1) is 8.72. The zero-order chi connectivity index (χ0) is 13.0. The molecule has 1 saturated carbocycles. The highest BCUT2D eigenvalue weighted by atomic mass is 15.2. The summed E-state index contributed by atoms with van der Waals surface area (Å²) in [5.74, 6) is 2.81. The summed E-state index contributed by atoms with van der Waals surface area (Å²) in [5.41, 5.74) is 1.14. The van der Waals surface area contributed by atoms with Gasteiger partial charge in [-0.25, -0.2) is 9.97 Å². The van der Waals surface area contributed by atoms with Gasteiger partial charge < -0.3 is 10.2 Å². The Bertz CT molecular complexity index is 385. The molecule has 100 valence electrons. The Morgan fingerprint density at radius 3 is 2.67 bits per heavy atom. The van der Waals surface area contributed by atoms with E-state index in [0.29, 0.717) is 0 Å². The molecule has 0 atom stereocenters. The molecule has 0 aliphatic heterocycles. The normalized spacial score (nSPS) is 16.6. The van der Waals surface area contributed by atoms with Crippen molar-refractivity contribution < 1.29 is 0 Å². The van der Waals surface area contributed by atoms with Gasteiger partial charge in [0.2, 0.25) is 0 Å². The van der Waals surface area contributed by atoms with E-state index in [0.717, 1.165) is 29.7 Å². The van der Waals surface area contributed by atoms with Crippen LogP contribution >= 0.6 is 0 Å². The molecule has 0 saturated heterocycles. The van der Waals surface area contributed by atoms with Crippen molar-refractivity contribution in [3.63, 3.8) is 0 Å². The molecule has 1 aliphatic rings. The molecule has 1 aromatic heterocycles. The molecule has 1 fully saturated rings. The Morgan fingerprint density at radius 2 is 2.00 bits per heavy atom. The van der Waals surface area contributed by atoms with Gasteiger partial charge in [-0.2, -0.15) is 0 Å². The van der Waals surface area contributed by atoms with Crippen LogP contribution < -0.4 is 10.2 Å². The van der Waals surface area contributed by atoms with Gasteiger partial charge in [-0.1, -0.05) is 19.3 Å². The molecule has 4 heteroatoms. The number of hydrogen-bond acceptors (Lipinski definition) is 4. The van der Waals surface area contributed by atoms with Crippen molar-refractivity contribution in [1.29, 1.82) is 0 Å². The Balaban J connectivity index is 2.05. The molecule has 0 amide bonds. The number of nitrogens with one attached hydrogen (secondary N) is 1. The van der Waals surface area contributed by atoms with E-state index in [1.807, 2.05) is 7.05 Å². The number of rotatable bonds is 4. The Morgan fingerprint density at radius 1 is 1.28 bits per heavy atom. The quantitative estimate of drug-likeness (QED) is 0.889. The van der Waals surface area contributed by atoms with Crippen LogP contribution in [0.2, 0.25) is 0 Å². The summed E-state index contributed by atoms with van der Waals surface area (Å²) >= 11 is 0. The van der Waals surface area contributed by atoms with Gasteiger partial charge in [0.15, 0.2) is 0 Å². The molecule has 2 rings (SSSR count). The third kappa shape index (κ3) is 2.92. The van der Waals surface area contributed by atoms with Crippen LogP contribution in [0.25, 0.3) is 0 Å². The Hall–Kier alpha value is -1.32. The molecular formula is C14H24N4. The second-order valence-corrected chi connectivity index (χ2v) is 5.31. The van der Waals surface area contributed by atoms with Crippen LogP contribution in [0.1, 0.15) is 37.7 Å². The van der Waals surface area contributed by atoms with Crippen molar-refractivity contribution in [2.75, 3.05) is 30.9 Å². The molecule has 1 aliphatic carbocycles. The molecule has 1 N–H and O–H groups in total. The first-order valence-corrected chi connectivity index (χ1v) is 6.93. The summed E-state index contributed by atoms with van der Waals surface area (Å²) in [7, 11) is 4.05. The van der Waals surface area contributed by atoms with E-state index >= 15 is 0 Å². The van der Waals surface area contributed by atoms with Crippen molar-refractivity contribution in [1.82, 2.24) is 9.97 Å². The fraction of sp³-hybridized carbons (Fsp3) is 0.714. The van der Waals surface area contributed by atoms with Crippen LogP contribution in [0.5, 0.6) is 0 Å². The maximum Gasteiger partial charge on any atom is 0.136 e. The lowest BCUT2D eigenvalue weighted by Crippen LogP contribution is -2.28. The fourth-order valence-electron chi connectivity index (χ4n) is 2.92. The second kappa shape index (κ2) is 6.03. The van der Waals surface area contributed by atoms with Crippen LogP contribution in [0.15, 0.2) is 6.33 Å². The maximum atomic E-state index is 4.43. The number of hydrogen-bond donors (Lipinski definition) is 1. The standard InChI is InChI=1S/C14H24N4/c1-11-13(15-2)16-10-17-14(11)18(3)9-12-7-5-4-6-8-12/h10,12H,4-9H2,1-3H3,(H,15,16,17). The average molecular weight is 248 g/mol. The molecule has 1 heterocycles. The monoisotopic (exact) mass is 248 g/mol. The third-order valence-electron chi connectivity index (χ3n) is 3.91. The summed E-state index contributed by atoms with van der Waals surface area (Å²) in [6.45, 7) is 3.19. The highest BCUT2D eigenvalue weighted by Crippen LogP contribution is 2.27. The number of anilines is 2. The highest BCUT2D eigenvalue weighted by molar-refractivity contribution is 5.57. The van der Waals surface area contributed by atoms with Gasteiger partial charge in [0.1, 0.15) is 18.0 Å². The maximum absolute atomic E-state index is 4.43. The molecule has 4 nitrogen and oxygen atoms in total. The predicted molar refractivity (Wildman–Crippen MR) is 76.2 cm³/mol. The van der Waals surface area contributed by atoms with E-state index in [9.17, 15) is 0 Å². The molecule has 0 bridgehead atoms. The van der Waals surface area contributed by atoms with Crippen LogP contribution in [-0.4, -0.2) is 30.6 Å². The highest BCUT2D eigenvalue weighted by Gasteiger charge is 2.17. The number of aromatic nitrogens is 2. The molecule has 0 spiro atoms. The van der Waals surface area contributed by atoms with Crippen LogP contribution in [0, 0.1) is 12.8 Å². The van der Waals surface area contributed by atoms with Gasteiger partial charge in [-0.15, -0.1) is 0 Å². The molecule has 18 heavy (non-hydrogen) atoms. The fourth-order valence-corrected chi connectivity index (χ4v) is 2.92. The van der Waals surface area contributed by atoms with E-state index in [-0.39, 0.29) is 0 Å². The minimum absolute atomic E-state index is 0.830. The first kappa shape index (κ1) is 13.1. The van der Waals surface area contributed by atoms with Crippen molar-refractivity contribution in [2.24, 2.45) is 5.92 Å². The van der Waals surface area contributed by atoms with Crippen molar-refractivity contribution in [2.45, 2.75) is 39.0 Å². The second-order valence-electron chi connectivity index (χ2n) is 5.31. The topological polar surface area (TPSA) is 41.1 Å². The number of nitrogens with zero attached hydrogens (tertiary/aromatic N) is 3. The van der Waals surface area contributed by atoms with Crippen LogP contribution in [-0.2, 0) is 0 Å². The smallest absolute Gasteiger partial charge is 0.136 e. The lowest BCUT2D eigenvalue weighted by atomic mass is 9.89. The van der Waals surface area contributed by atoms with Gasteiger partial charge >= 0.3 is 0 Å². The SMILES string of the molecule is CNc1ncnc(N(C)CC2CCCCC2)c1C. The van der Waals surface area contributed by atoms with Crippen LogP contribution in [0.3, 0.4) is 0 Å². The molecule has 1 aromatic rings. The zero-order valence-corrected chi connectivity index (χ0v) is 11.7. The Labute approximate surface area is 110 Å². The van der Waals surface area contributed by atoms with E-state index < -0.39 is 0 Å². The molecule has 0 radical (unpaired) electrons. The molecule has 0 unspecified atom stereocenters. The molecular weight excluding hydrogens is 224 g/mol. The van der Waals surface area contributed by atoms with Crippen LogP contribution in [0.4, 0.5) is 11.6 Å². The molecule has 0 aromatic carbocycles. The van der Waals surface area contributed by atoms with Crippen molar-refractivity contribution >= 4 is 11.6 Å². The van der Waals surface area contributed by atoms with Gasteiger partial charge in [-0.3, -0.25) is 0 Å². The average Bonchev–Trinajstić information content (AvgIpc) is 2.40. The first-order valence-electron chi connectivity index (χ1n) is 6.93. The van der Waals surface area contributed by atoms with Crippen molar-refractivity contribution in [3.8, 4) is 0 Å². The van der Waals surface area contributed by atoms with E-state index in [1.54, 1.807) is 6.33 Å². The lowest BCUT2D eigenvalue weighted by Gasteiger charge is -2.28.